The third-order valence-electron chi connectivity index (χ3n) is 4.62. The van der Waals surface area contributed by atoms with Crippen molar-refractivity contribution in [1.82, 2.24) is 0 Å². The Morgan fingerprint density at radius 1 is 0.655 bits per heavy atom. The predicted octanol–water partition coefficient (Wildman–Crippen LogP) is 3.18. The van der Waals surface area contributed by atoms with Crippen molar-refractivity contribution in [2.24, 2.45) is 0 Å². The molecule has 0 bridgehead atoms. The Balaban J connectivity index is 1.61. The fourth-order valence-corrected chi connectivity index (χ4v) is 10.6. The average Bonchev–Trinajstić information content (AvgIpc) is 3.06. The van der Waals surface area contributed by atoms with Crippen LogP contribution in [0.25, 0.3) is 0 Å². The molecule has 0 radical (unpaired) electrons. The van der Waals surface area contributed by atoms with Crippen molar-refractivity contribution in [3.05, 3.63) is 95.1 Å². The van der Waals surface area contributed by atoms with Crippen LogP contribution >= 0.6 is 0 Å². The topological polar surface area (TPSA) is 105 Å². The Morgan fingerprint density at radius 3 is 1.41 bits per heavy atom. The summed E-state index contributed by atoms with van der Waals surface area (Å²) in [4.78, 5) is 25.6. The van der Waals surface area contributed by atoms with Gasteiger partial charge in [0.1, 0.15) is 0 Å². The van der Waals surface area contributed by atoms with Gasteiger partial charge in [0.15, 0.2) is 0 Å². The van der Waals surface area contributed by atoms with Gasteiger partial charge in [-0.25, -0.2) is 0 Å². The first kappa shape index (κ1) is 19.3. The predicted molar refractivity (Wildman–Crippen MR) is 112 cm³/mol. The first-order chi connectivity index (χ1) is 13.9. The molecule has 1 aliphatic rings. The summed E-state index contributed by atoms with van der Waals surface area (Å²) >= 11 is -3.88. The Labute approximate surface area is 173 Å². The monoisotopic (exact) mass is 506 g/mol. The molecule has 0 unspecified atom stereocenters. The van der Waals surface area contributed by atoms with E-state index < -0.39 is 30.9 Å². The summed E-state index contributed by atoms with van der Waals surface area (Å²) in [6.45, 7) is 0. The van der Waals surface area contributed by atoms with E-state index in [1.54, 1.807) is 48.5 Å². The van der Waals surface area contributed by atoms with Crippen LogP contribution in [0.4, 0.5) is 11.4 Å². The molecule has 0 atom stereocenters. The van der Waals surface area contributed by atoms with Gasteiger partial charge >= 0.3 is 174 Å². The second-order valence-electron chi connectivity index (χ2n) is 6.79. The van der Waals surface area contributed by atoms with Crippen LogP contribution in [0.1, 0.15) is 31.8 Å². The molecule has 4 N–H and O–H groups in total. The number of nitrogens with two attached hydrogens (primary N) is 2. The number of anilines is 2. The molecule has 0 aromatic heterocycles. The molecule has 1 aliphatic heterocycles. The molecule has 3 aromatic carbocycles. The van der Waals surface area contributed by atoms with Crippen LogP contribution < -0.4 is 11.5 Å². The maximum atomic E-state index is 12.8. The molecule has 0 spiro atoms. The number of nitrogen functional groups attached to an aromatic ring is 2. The molecule has 4 rings (SSSR count). The molecule has 3 aromatic rings. The SMILES string of the molecule is Nc1ccc(C(=O)O[Te]2(OC(=O)c3ccc(N)cc3)Cc3ccccc3C2)cc1. The molecular formula is C22H20N2O4Te. The van der Waals surface area contributed by atoms with Gasteiger partial charge in [-0.1, -0.05) is 0 Å². The first-order valence-electron chi connectivity index (χ1n) is 8.98. The normalized spacial score (nSPS) is 15.2. The van der Waals surface area contributed by atoms with Gasteiger partial charge in [-0.3, -0.25) is 0 Å². The van der Waals surface area contributed by atoms with E-state index >= 15 is 0 Å². The standard InChI is InChI=1S/C22H20N2O4Te/c23-19-9-5-15(6-10-19)21(25)27-29(13-17-3-1-2-4-18(17)14-29)28-22(26)16-7-11-20(24)12-8-16/h1-12H,13-14,23-24H2. The number of hydrogen-bond acceptors (Lipinski definition) is 6. The van der Waals surface area contributed by atoms with Crippen LogP contribution in [0.5, 0.6) is 0 Å². The van der Waals surface area contributed by atoms with Crippen LogP contribution in [-0.2, 0) is 15.1 Å². The first-order valence-corrected chi connectivity index (χ1v) is 14.2. The number of carbonyl (C=O) groups excluding carboxylic acids is 2. The van der Waals surface area contributed by atoms with E-state index in [1.165, 1.54) is 0 Å². The molecule has 29 heavy (non-hydrogen) atoms. The van der Waals surface area contributed by atoms with E-state index in [0.29, 0.717) is 31.4 Å². The van der Waals surface area contributed by atoms with Crippen LogP contribution in [0.15, 0.2) is 72.8 Å². The number of hydrogen-bond donors (Lipinski definition) is 2. The van der Waals surface area contributed by atoms with Gasteiger partial charge in [0.2, 0.25) is 0 Å². The molecule has 1 heterocycles. The van der Waals surface area contributed by atoms with Gasteiger partial charge in [0, 0.05) is 0 Å². The van der Waals surface area contributed by atoms with Crippen molar-refractivity contribution >= 4 is 42.3 Å². The third kappa shape index (κ3) is 4.21. The fraction of sp³-hybridized carbons (Fsp3) is 0.0909. The molecule has 6 nitrogen and oxygen atoms in total. The third-order valence-corrected chi connectivity index (χ3v) is 11.5. The Bertz CT molecular complexity index is 978. The van der Waals surface area contributed by atoms with E-state index in [9.17, 15) is 9.59 Å². The summed E-state index contributed by atoms with van der Waals surface area (Å²) in [5.41, 5.74) is 15.4. The van der Waals surface area contributed by atoms with Gasteiger partial charge in [0.05, 0.1) is 0 Å². The zero-order valence-electron chi connectivity index (χ0n) is 15.5. The summed E-state index contributed by atoms with van der Waals surface area (Å²) in [6.07, 6.45) is 0. The molecular weight excluding hydrogens is 484 g/mol. The molecule has 0 fully saturated rings. The van der Waals surface area contributed by atoms with Crippen molar-refractivity contribution in [2.75, 3.05) is 11.5 Å². The average molecular weight is 504 g/mol. The van der Waals surface area contributed by atoms with E-state index in [0.717, 1.165) is 11.1 Å². The van der Waals surface area contributed by atoms with Gasteiger partial charge < -0.3 is 0 Å². The van der Waals surface area contributed by atoms with E-state index in [2.05, 4.69) is 0 Å². The Hall–Kier alpha value is -3.01. The van der Waals surface area contributed by atoms with Gasteiger partial charge in [-0.15, -0.1) is 0 Å². The van der Waals surface area contributed by atoms with Crippen LogP contribution in [-0.4, -0.2) is 30.9 Å². The van der Waals surface area contributed by atoms with Gasteiger partial charge in [0.25, 0.3) is 0 Å². The quantitative estimate of drug-likeness (QED) is 0.418. The van der Waals surface area contributed by atoms with Gasteiger partial charge in [-0.05, 0) is 0 Å². The number of benzene rings is 3. The summed E-state index contributed by atoms with van der Waals surface area (Å²) in [7, 11) is 0. The summed E-state index contributed by atoms with van der Waals surface area (Å²) in [5, 5.41) is 0. The number of carbonyl (C=O) groups is 2. The van der Waals surface area contributed by atoms with Crippen molar-refractivity contribution in [1.29, 1.82) is 0 Å². The van der Waals surface area contributed by atoms with Crippen molar-refractivity contribution in [3.63, 3.8) is 0 Å². The zero-order valence-corrected chi connectivity index (χ0v) is 17.9. The second kappa shape index (κ2) is 7.78. The van der Waals surface area contributed by atoms with Crippen LogP contribution in [0, 0.1) is 0 Å². The molecule has 0 saturated heterocycles. The zero-order chi connectivity index (χ0) is 20.4. The van der Waals surface area contributed by atoms with Gasteiger partial charge in [-0.2, -0.15) is 0 Å². The second-order valence-corrected chi connectivity index (χ2v) is 13.6. The minimum absolute atomic E-state index is 0.379. The number of fused-ring (bicyclic) bond motifs is 1. The van der Waals surface area contributed by atoms with Crippen molar-refractivity contribution < 1.29 is 15.8 Å². The molecule has 0 amide bonds. The molecule has 7 heteroatoms. The Kier molecular flexibility index (Phi) is 5.18. The summed E-state index contributed by atoms with van der Waals surface area (Å²) in [5.74, 6) is -0.992. The minimum atomic E-state index is -3.88. The van der Waals surface area contributed by atoms with Crippen LogP contribution in [0.3, 0.4) is 0 Å². The van der Waals surface area contributed by atoms with E-state index in [1.807, 2.05) is 24.3 Å². The summed E-state index contributed by atoms with van der Waals surface area (Å²) in [6, 6.07) is 20.8. The van der Waals surface area contributed by atoms with E-state index in [-0.39, 0.29) is 0 Å². The number of rotatable bonds is 4. The van der Waals surface area contributed by atoms with Crippen molar-refractivity contribution in [2.45, 2.75) is 8.94 Å². The maximum absolute atomic E-state index is 12.8. The van der Waals surface area contributed by atoms with Crippen molar-refractivity contribution in [3.8, 4) is 0 Å². The van der Waals surface area contributed by atoms with E-state index in [4.69, 9.17) is 17.7 Å². The molecule has 0 aliphatic carbocycles. The summed E-state index contributed by atoms with van der Waals surface area (Å²) < 4.78 is 12.9. The van der Waals surface area contributed by atoms with Crippen LogP contribution in [0.2, 0.25) is 0 Å². The Morgan fingerprint density at radius 2 is 1.03 bits per heavy atom. The fourth-order valence-electron chi connectivity index (χ4n) is 3.11. The molecule has 148 valence electrons. The molecule has 0 saturated carbocycles.